The lowest BCUT2D eigenvalue weighted by Gasteiger charge is -2.17. The fraction of sp³-hybridized carbons (Fsp3) is 0.533. The Balaban J connectivity index is 1.56. The van der Waals surface area contributed by atoms with E-state index in [0.29, 0.717) is 25.3 Å². The van der Waals surface area contributed by atoms with E-state index in [1.165, 1.54) is 0 Å². The van der Waals surface area contributed by atoms with Crippen LogP contribution in [0.4, 0.5) is 0 Å². The number of rotatable bonds is 6. The van der Waals surface area contributed by atoms with Gasteiger partial charge >= 0.3 is 0 Å². The van der Waals surface area contributed by atoms with E-state index in [4.69, 9.17) is 4.74 Å². The summed E-state index contributed by atoms with van der Waals surface area (Å²) in [5.74, 6) is 0.792. The second kappa shape index (κ2) is 6.93. The van der Waals surface area contributed by atoms with Crippen molar-refractivity contribution in [2.45, 2.75) is 26.2 Å². The Hall–Kier alpha value is -2.19. The van der Waals surface area contributed by atoms with Crippen LogP contribution in [0, 0.1) is 0 Å². The van der Waals surface area contributed by atoms with E-state index in [9.17, 15) is 4.79 Å². The number of likely N-dealkylation sites (N-methyl/N-ethyl adjacent to an activating group) is 1. The van der Waals surface area contributed by atoms with E-state index in [1.54, 1.807) is 23.3 Å². The molecule has 8 heteroatoms. The monoisotopic (exact) mass is 318 g/mol. The van der Waals surface area contributed by atoms with Crippen LogP contribution in [-0.2, 0) is 31.0 Å². The topological polar surface area (TPSA) is 77.2 Å². The summed E-state index contributed by atoms with van der Waals surface area (Å²) >= 11 is 0. The zero-order valence-corrected chi connectivity index (χ0v) is 13.5. The molecule has 1 amide bonds. The fourth-order valence-corrected chi connectivity index (χ4v) is 2.48. The number of hydrogen-bond acceptors (Lipinski definition) is 5. The van der Waals surface area contributed by atoms with E-state index in [-0.39, 0.29) is 5.91 Å². The molecule has 0 aromatic carbocycles. The van der Waals surface area contributed by atoms with Gasteiger partial charge in [-0.15, -0.1) is 0 Å². The molecule has 0 fully saturated rings. The van der Waals surface area contributed by atoms with E-state index in [2.05, 4.69) is 24.9 Å². The Morgan fingerprint density at radius 3 is 3.13 bits per heavy atom. The summed E-state index contributed by atoms with van der Waals surface area (Å²) in [7, 11) is 4.02. The lowest BCUT2D eigenvalue weighted by Crippen LogP contribution is -2.26. The maximum Gasteiger partial charge on any atom is 0.254 e. The zero-order valence-electron chi connectivity index (χ0n) is 13.5. The number of aromatic nitrogens is 4. The molecule has 1 N–H and O–H groups in total. The molecule has 23 heavy (non-hydrogen) atoms. The summed E-state index contributed by atoms with van der Waals surface area (Å²) in [6.07, 6.45) is 5.17. The molecule has 0 radical (unpaired) electrons. The number of nitrogens with zero attached hydrogens (tertiary/aromatic N) is 5. The standard InChI is InChI=1S/C15H22N6O2/c1-19(2)3-4-20-10-12(7-18-20)15(22)17-9-13-8-16-14-11-23-6-5-21(13)14/h7-8,10H,3-6,9,11H2,1-2H3,(H,17,22). The summed E-state index contributed by atoms with van der Waals surface area (Å²) < 4.78 is 9.25. The average Bonchev–Trinajstić information content (AvgIpc) is 3.18. The number of carbonyl (C=O) groups excluding carboxylic acids is 1. The first kappa shape index (κ1) is 15.7. The van der Waals surface area contributed by atoms with Gasteiger partial charge in [0.05, 0.1) is 43.3 Å². The van der Waals surface area contributed by atoms with Gasteiger partial charge in [-0.3, -0.25) is 9.48 Å². The van der Waals surface area contributed by atoms with Crippen molar-refractivity contribution in [3.05, 3.63) is 35.7 Å². The number of imidazole rings is 1. The van der Waals surface area contributed by atoms with Crippen molar-refractivity contribution in [2.75, 3.05) is 27.2 Å². The smallest absolute Gasteiger partial charge is 0.254 e. The van der Waals surface area contributed by atoms with Gasteiger partial charge in [-0.05, 0) is 14.1 Å². The van der Waals surface area contributed by atoms with Crippen LogP contribution in [0.2, 0.25) is 0 Å². The molecule has 0 saturated heterocycles. The molecule has 0 aliphatic carbocycles. The summed E-state index contributed by atoms with van der Waals surface area (Å²) in [5, 5.41) is 7.14. The number of ether oxygens (including phenoxy) is 1. The highest BCUT2D eigenvalue weighted by molar-refractivity contribution is 5.93. The molecule has 124 valence electrons. The van der Waals surface area contributed by atoms with Crippen molar-refractivity contribution >= 4 is 5.91 Å². The molecule has 2 aromatic rings. The molecule has 0 saturated carbocycles. The number of carbonyl (C=O) groups is 1. The molecule has 2 aromatic heterocycles. The lowest BCUT2D eigenvalue weighted by atomic mass is 10.3. The minimum absolute atomic E-state index is 0.122. The molecule has 0 unspecified atom stereocenters. The molecular formula is C15H22N6O2. The number of fused-ring (bicyclic) bond motifs is 1. The Bertz CT molecular complexity index is 675. The third-order valence-corrected chi connectivity index (χ3v) is 3.81. The van der Waals surface area contributed by atoms with Crippen molar-refractivity contribution in [3.8, 4) is 0 Å². The van der Waals surface area contributed by atoms with Crippen molar-refractivity contribution in [1.29, 1.82) is 0 Å². The van der Waals surface area contributed by atoms with Gasteiger partial charge in [0.2, 0.25) is 0 Å². The van der Waals surface area contributed by atoms with Gasteiger partial charge in [0, 0.05) is 19.3 Å². The summed E-state index contributed by atoms with van der Waals surface area (Å²) in [6.45, 7) is 4.09. The largest absolute Gasteiger partial charge is 0.372 e. The quantitative estimate of drug-likeness (QED) is 0.817. The Kier molecular flexibility index (Phi) is 4.73. The summed E-state index contributed by atoms with van der Waals surface area (Å²) in [5.41, 5.74) is 1.57. The molecule has 0 bridgehead atoms. The molecular weight excluding hydrogens is 296 g/mol. The van der Waals surface area contributed by atoms with Crippen molar-refractivity contribution < 1.29 is 9.53 Å². The molecule has 1 aliphatic heterocycles. The van der Waals surface area contributed by atoms with Gasteiger partial charge in [-0.25, -0.2) is 4.98 Å². The predicted octanol–water partition coefficient (Wildman–Crippen LogP) is 0.101. The Morgan fingerprint density at radius 2 is 2.30 bits per heavy atom. The van der Waals surface area contributed by atoms with E-state index < -0.39 is 0 Å². The molecule has 8 nitrogen and oxygen atoms in total. The second-order valence-corrected chi connectivity index (χ2v) is 5.85. The molecule has 0 atom stereocenters. The second-order valence-electron chi connectivity index (χ2n) is 5.85. The van der Waals surface area contributed by atoms with E-state index >= 15 is 0 Å². The van der Waals surface area contributed by atoms with Crippen molar-refractivity contribution in [3.63, 3.8) is 0 Å². The third kappa shape index (κ3) is 3.77. The summed E-state index contributed by atoms with van der Waals surface area (Å²) in [6, 6.07) is 0. The zero-order chi connectivity index (χ0) is 16.2. The van der Waals surface area contributed by atoms with Gasteiger partial charge in [-0.1, -0.05) is 0 Å². The van der Waals surface area contributed by atoms with Gasteiger partial charge in [0.1, 0.15) is 12.4 Å². The molecule has 3 rings (SSSR count). The first-order chi connectivity index (χ1) is 11.1. The van der Waals surface area contributed by atoms with Crippen molar-refractivity contribution in [1.82, 2.24) is 29.5 Å². The SMILES string of the molecule is CN(C)CCn1cc(C(=O)NCc2cnc3n2CCOC3)cn1. The highest BCUT2D eigenvalue weighted by Crippen LogP contribution is 2.11. The first-order valence-corrected chi connectivity index (χ1v) is 7.70. The van der Waals surface area contributed by atoms with Crippen LogP contribution < -0.4 is 5.32 Å². The maximum absolute atomic E-state index is 12.2. The average molecular weight is 318 g/mol. The van der Waals surface area contributed by atoms with Gasteiger partial charge in [-0.2, -0.15) is 5.10 Å². The summed E-state index contributed by atoms with van der Waals surface area (Å²) in [4.78, 5) is 18.6. The normalized spacial score (nSPS) is 14.0. The van der Waals surface area contributed by atoms with Crippen LogP contribution in [0.5, 0.6) is 0 Å². The predicted molar refractivity (Wildman–Crippen MR) is 83.8 cm³/mol. The molecule has 0 spiro atoms. The fourth-order valence-electron chi connectivity index (χ4n) is 2.48. The number of nitrogens with one attached hydrogen (secondary N) is 1. The maximum atomic E-state index is 12.2. The van der Waals surface area contributed by atoms with Gasteiger partial charge in [0.15, 0.2) is 0 Å². The van der Waals surface area contributed by atoms with Gasteiger partial charge < -0.3 is 19.5 Å². The van der Waals surface area contributed by atoms with Crippen LogP contribution in [0.25, 0.3) is 0 Å². The minimum Gasteiger partial charge on any atom is -0.372 e. The number of hydrogen-bond donors (Lipinski definition) is 1. The van der Waals surface area contributed by atoms with E-state index in [1.807, 2.05) is 14.1 Å². The highest BCUT2D eigenvalue weighted by atomic mass is 16.5. The molecule has 3 heterocycles. The first-order valence-electron chi connectivity index (χ1n) is 7.70. The highest BCUT2D eigenvalue weighted by Gasteiger charge is 2.15. The van der Waals surface area contributed by atoms with Crippen molar-refractivity contribution in [2.24, 2.45) is 0 Å². The van der Waals surface area contributed by atoms with E-state index in [0.717, 1.165) is 31.2 Å². The third-order valence-electron chi connectivity index (χ3n) is 3.81. The van der Waals surface area contributed by atoms with Crippen LogP contribution in [0.3, 0.4) is 0 Å². The van der Waals surface area contributed by atoms with Crippen LogP contribution in [0.15, 0.2) is 18.6 Å². The van der Waals surface area contributed by atoms with Crippen LogP contribution in [0.1, 0.15) is 21.9 Å². The van der Waals surface area contributed by atoms with Crippen LogP contribution in [-0.4, -0.2) is 57.4 Å². The minimum atomic E-state index is -0.122. The Morgan fingerprint density at radius 1 is 1.43 bits per heavy atom. The Labute approximate surface area is 135 Å². The molecule has 1 aliphatic rings. The van der Waals surface area contributed by atoms with Crippen LogP contribution >= 0.6 is 0 Å². The number of amides is 1. The van der Waals surface area contributed by atoms with Gasteiger partial charge in [0.25, 0.3) is 5.91 Å². The lowest BCUT2D eigenvalue weighted by molar-refractivity contribution is 0.0802.